The average Bonchev–Trinajstić information content (AvgIpc) is 2.99. The van der Waals surface area contributed by atoms with Crippen LogP contribution in [0.3, 0.4) is 0 Å². The van der Waals surface area contributed by atoms with Crippen molar-refractivity contribution < 1.29 is 39.2 Å². The second-order valence-corrected chi connectivity index (χ2v) is 6.02. The van der Waals surface area contributed by atoms with E-state index in [1.54, 1.807) is 19.1 Å². The fourth-order valence-electron chi connectivity index (χ4n) is 2.71. The molecular weight excluding hydrogens is 370 g/mol. The van der Waals surface area contributed by atoms with Gasteiger partial charge in [-0.25, -0.2) is 19.2 Å². The number of ether oxygens (including phenoxy) is 1. The topological polar surface area (TPSA) is 143 Å². The number of hydrogen-bond donors (Lipinski definition) is 3. The van der Waals surface area contributed by atoms with E-state index in [0.29, 0.717) is 12.8 Å². The molecular formula is C19H19NO8. The first-order chi connectivity index (χ1) is 13.2. The van der Waals surface area contributed by atoms with Crippen LogP contribution in [0.2, 0.25) is 0 Å². The van der Waals surface area contributed by atoms with Crippen LogP contribution in [-0.2, 0) is 4.74 Å². The van der Waals surface area contributed by atoms with Crippen molar-refractivity contribution >= 4 is 23.9 Å². The third-order valence-corrected chi connectivity index (χ3v) is 4.02. The van der Waals surface area contributed by atoms with Gasteiger partial charge in [-0.05, 0) is 25.5 Å². The Morgan fingerprint density at radius 3 is 1.89 bits per heavy atom. The van der Waals surface area contributed by atoms with Crippen molar-refractivity contribution in [3.63, 3.8) is 0 Å². The first-order valence-corrected chi connectivity index (χ1v) is 8.43. The van der Waals surface area contributed by atoms with Crippen LogP contribution in [0.1, 0.15) is 67.0 Å². The summed E-state index contributed by atoms with van der Waals surface area (Å²) >= 11 is 0. The monoisotopic (exact) mass is 389 g/mol. The zero-order chi connectivity index (χ0) is 21.0. The number of carbonyl (C=O) groups excluding carboxylic acids is 1. The Hall–Kier alpha value is -3.62. The predicted molar refractivity (Wildman–Crippen MR) is 96.6 cm³/mol. The number of nitrogens with zero attached hydrogens (tertiary/aromatic N) is 1. The quantitative estimate of drug-likeness (QED) is 0.462. The van der Waals surface area contributed by atoms with E-state index in [1.807, 2.05) is 6.92 Å². The molecule has 1 aromatic heterocycles. The minimum Gasteiger partial charge on any atom is -0.478 e. The summed E-state index contributed by atoms with van der Waals surface area (Å²) in [7, 11) is 0. The van der Waals surface area contributed by atoms with Gasteiger partial charge in [0, 0.05) is 5.69 Å². The number of aromatic nitrogens is 1. The molecule has 2 rings (SSSR count). The molecule has 9 nitrogen and oxygen atoms in total. The van der Waals surface area contributed by atoms with Gasteiger partial charge in [0.2, 0.25) is 0 Å². The molecule has 9 heteroatoms. The molecule has 0 radical (unpaired) electrons. The van der Waals surface area contributed by atoms with Crippen molar-refractivity contribution in [2.75, 3.05) is 6.61 Å². The van der Waals surface area contributed by atoms with Crippen LogP contribution in [0.15, 0.2) is 24.3 Å². The number of esters is 1. The summed E-state index contributed by atoms with van der Waals surface area (Å²) in [5.41, 5.74) is -2.44. The minimum absolute atomic E-state index is 0.0156. The van der Waals surface area contributed by atoms with Gasteiger partial charge >= 0.3 is 23.9 Å². The summed E-state index contributed by atoms with van der Waals surface area (Å²) in [6.07, 6.45) is 1.22. The number of hydrogen-bond acceptors (Lipinski definition) is 5. The molecule has 148 valence electrons. The molecule has 1 heterocycles. The number of carbonyl (C=O) groups is 4. The van der Waals surface area contributed by atoms with E-state index in [2.05, 4.69) is 0 Å². The molecule has 0 aliphatic heterocycles. The highest BCUT2D eigenvalue weighted by atomic mass is 16.5. The molecule has 0 amide bonds. The van der Waals surface area contributed by atoms with Gasteiger partial charge in [0.25, 0.3) is 0 Å². The minimum atomic E-state index is -1.77. The maximum atomic E-state index is 12.6. The highest BCUT2D eigenvalue weighted by Crippen LogP contribution is 2.29. The SMILES string of the molecule is CCCCOC(=O)c1c(C(=O)O)c(C(=O)O)c(C(=O)O)n1-c1ccc(C)cc1. The fraction of sp³-hybridized carbons (Fsp3) is 0.263. The van der Waals surface area contributed by atoms with Crippen molar-refractivity contribution in [2.45, 2.75) is 26.7 Å². The molecule has 0 fully saturated rings. The smallest absolute Gasteiger partial charge is 0.356 e. The lowest BCUT2D eigenvalue weighted by Crippen LogP contribution is -2.17. The van der Waals surface area contributed by atoms with Crippen LogP contribution in [0, 0.1) is 6.92 Å². The van der Waals surface area contributed by atoms with E-state index >= 15 is 0 Å². The van der Waals surface area contributed by atoms with Gasteiger partial charge in [-0.1, -0.05) is 31.0 Å². The van der Waals surface area contributed by atoms with Crippen LogP contribution in [-0.4, -0.2) is 50.4 Å². The Bertz CT molecular complexity index is 940. The lowest BCUT2D eigenvalue weighted by molar-refractivity contribution is 0.0480. The number of aromatic carboxylic acids is 3. The second-order valence-electron chi connectivity index (χ2n) is 6.02. The highest BCUT2D eigenvalue weighted by molar-refractivity contribution is 6.14. The zero-order valence-corrected chi connectivity index (χ0v) is 15.3. The number of carboxylic acids is 3. The molecule has 1 aromatic carbocycles. The van der Waals surface area contributed by atoms with Crippen molar-refractivity contribution in [2.24, 2.45) is 0 Å². The van der Waals surface area contributed by atoms with Crippen LogP contribution in [0.25, 0.3) is 5.69 Å². The second kappa shape index (κ2) is 8.38. The van der Waals surface area contributed by atoms with Gasteiger partial charge < -0.3 is 20.1 Å². The number of aryl methyl sites for hydroxylation is 1. The van der Waals surface area contributed by atoms with E-state index in [1.165, 1.54) is 12.1 Å². The average molecular weight is 389 g/mol. The van der Waals surface area contributed by atoms with E-state index in [4.69, 9.17) is 4.74 Å². The van der Waals surface area contributed by atoms with Crippen molar-refractivity contribution in [1.82, 2.24) is 4.57 Å². The van der Waals surface area contributed by atoms with Crippen molar-refractivity contribution in [3.8, 4) is 5.69 Å². The molecule has 2 aromatic rings. The lowest BCUT2D eigenvalue weighted by Gasteiger charge is -2.12. The molecule has 28 heavy (non-hydrogen) atoms. The molecule has 0 bridgehead atoms. The normalized spacial score (nSPS) is 10.5. The summed E-state index contributed by atoms with van der Waals surface area (Å²) in [6.45, 7) is 3.62. The van der Waals surface area contributed by atoms with E-state index in [0.717, 1.165) is 10.1 Å². The summed E-state index contributed by atoms with van der Waals surface area (Å²) in [4.78, 5) is 47.9. The van der Waals surface area contributed by atoms with Gasteiger partial charge in [-0.15, -0.1) is 0 Å². The molecule has 0 atom stereocenters. The molecule has 3 N–H and O–H groups in total. The van der Waals surface area contributed by atoms with Crippen LogP contribution < -0.4 is 0 Å². The van der Waals surface area contributed by atoms with E-state index in [-0.39, 0.29) is 12.3 Å². The van der Waals surface area contributed by atoms with E-state index in [9.17, 15) is 34.5 Å². The zero-order valence-electron chi connectivity index (χ0n) is 15.3. The Kier molecular flexibility index (Phi) is 6.19. The fourth-order valence-corrected chi connectivity index (χ4v) is 2.71. The molecule has 0 aliphatic rings. The summed E-state index contributed by atoms with van der Waals surface area (Å²) in [5.74, 6) is -6.31. The Labute approximate surface area is 159 Å². The van der Waals surface area contributed by atoms with Crippen LogP contribution in [0.5, 0.6) is 0 Å². The number of benzene rings is 1. The third-order valence-electron chi connectivity index (χ3n) is 4.02. The number of rotatable bonds is 8. The third kappa shape index (κ3) is 3.88. The van der Waals surface area contributed by atoms with Gasteiger partial charge in [0.15, 0.2) is 0 Å². The van der Waals surface area contributed by atoms with Crippen molar-refractivity contribution in [1.29, 1.82) is 0 Å². The number of unbranched alkanes of at least 4 members (excludes halogenated alkanes) is 1. The predicted octanol–water partition coefficient (Wildman–Crippen LogP) is 2.84. The van der Waals surface area contributed by atoms with Crippen LogP contribution in [0.4, 0.5) is 0 Å². The Morgan fingerprint density at radius 2 is 1.43 bits per heavy atom. The Balaban J connectivity index is 2.89. The maximum absolute atomic E-state index is 12.6. The molecule has 0 unspecified atom stereocenters. The number of carboxylic acid groups (broad SMARTS) is 3. The summed E-state index contributed by atoms with van der Waals surface area (Å²) in [5, 5.41) is 28.6. The van der Waals surface area contributed by atoms with Gasteiger partial charge in [-0.3, -0.25) is 4.57 Å². The maximum Gasteiger partial charge on any atom is 0.356 e. The molecule has 0 spiro atoms. The van der Waals surface area contributed by atoms with Gasteiger partial charge in [-0.2, -0.15) is 0 Å². The summed E-state index contributed by atoms with van der Waals surface area (Å²) < 4.78 is 5.87. The molecule has 0 aliphatic carbocycles. The lowest BCUT2D eigenvalue weighted by atomic mass is 10.1. The van der Waals surface area contributed by atoms with Gasteiger partial charge in [0.05, 0.1) is 6.61 Å². The van der Waals surface area contributed by atoms with Gasteiger partial charge in [0.1, 0.15) is 22.5 Å². The van der Waals surface area contributed by atoms with Crippen LogP contribution >= 0.6 is 0 Å². The molecule has 0 saturated heterocycles. The Morgan fingerprint density at radius 1 is 0.893 bits per heavy atom. The first-order valence-electron chi connectivity index (χ1n) is 8.43. The largest absolute Gasteiger partial charge is 0.478 e. The van der Waals surface area contributed by atoms with E-state index < -0.39 is 46.4 Å². The summed E-state index contributed by atoms with van der Waals surface area (Å²) in [6, 6.07) is 6.16. The molecule has 0 saturated carbocycles. The standard InChI is InChI=1S/C19H19NO8/c1-3-4-9-28-19(27)15-13(17(23)24)12(16(21)22)14(18(25)26)20(15)11-7-5-10(2)6-8-11/h5-8H,3-4,9H2,1-2H3,(H,21,22)(H,23,24)(H,25,26). The highest BCUT2D eigenvalue weighted by Gasteiger charge is 2.38. The first kappa shape index (κ1) is 20.7. The van der Waals surface area contributed by atoms with Crippen molar-refractivity contribution in [3.05, 3.63) is 52.3 Å².